The highest BCUT2D eigenvalue weighted by Gasteiger charge is 2.31. The lowest BCUT2D eigenvalue weighted by atomic mass is 9.97. The summed E-state index contributed by atoms with van der Waals surface area (Å²) >= 11 is 0. The maximum absolute atomic E-state index is 13.5. The summed E-state index contributed by atoms with van der Waals surface area (Å²) < 4.78 is 16.6. The van der Waals surface area contributed by atoms with Crippen LogP contribution in [0.15, 0.2) is 91.0 Å². The molecule has 0 radical (unpaired) electrons. The van der Waals surface area contributed by atoms with Crippen LogP contribution in [0.4, 0.5) is 4.79 Å². The van der Waals surface area contributed by atoms with Gasteiger partial charge in [0.1, 0.15) is 19.3 Å². The first-order chi connectivity index (χ1) is 24.4. The number of aliphatic hydroxyl groups is 1. The number of fused-ring (bicyclic) bond motifs is 3. The normalized spacial score (nSPS) is 19.4. The van der Waals surface area contributed by atoms with Gasteiger partial charge >= 0.3 is 12.1 Å². The second kappa shape index (κ2) is 18.7. The zero-order valence-corrected chi connectivity index (χ0v) is 28.1. The van der Waals surface area contributed by atoms with Crippen LogP contribution in [0.1, 0.15) is 48.3 Å². The SMILES string of the molecule is O=C(C[C@H]1CC=CCC[C@H](NC(=O)OCC2c3ccccc3-c3ccccc32)C(=O)OC[C@H](Cc2ccccc2)NC1=O)NCCOCCO. The molecule has 1 heterocycles. The maximum Gasteiger partial charge on any atom is 0.407 e. The van der Waals surface area contributed by atoms with Crippen molar-refractivity contribution in [3.63, 3.8) is 0 Å². The van der Waals surface area contributed by atoms with E-state index in [1.165, 1.54) is 0 Å². The molecule has 0 saturated heterocycles. The Morgan fingerprint density at radius 2 is 1.60 bits per heavy atom. The van der Waals surface area contributed by atoms with E-state index >= 15 is 0 Å². The number of ether oxygens (including phenoxy) is 3. The van der Waals surface area contributed by atoms with Gasteiger partial charge in [-0.3, -0.25) is 9.59 Å². The van der Waals surface area contributed by atoms with E-state index in [1.54, 1.807) is 0 Å². The number of amides is 3. The Morgan fingerprint density at radius 3 is 2.32 bits per heavy atom. The summed E-state index contributed by atoms with van der Waals surface area (Å²) in [6, 6.07) is 24.1. The zero-order valence-electron chi connectivity index (χ0n) is 28.1. The molecule has 50 heavy (non-hydrogen) atoms. The average molecular weight is 684 g/mol. The number of carbonyl (C=O) groups is 4. The van der Waals surface area contributed by atoms with Crippen molar-refractivity contribution >= 4 is 23.9 Å². The number of esters is 1. The largest absolute Gasteiger partial charge is 0.462 e. The van der Waals surface area contributed by atoms with Gasteiger partial charge in [-0.1, -0.05) is 91.0 Å². The number of cyclic esters (lactones) is 1. The van der Waals surface area contributed by atoms with Crippen LogP contribution in [0.5, 0.6) is 0 Å². The van der Waals surface area contributed by atoms with Gasteiger partial charge in [-0.25, -0.2) is 9.59 Å². The molecule has 3 aromatic carbocycles. The molecule has 0 aromatic heterocycles. The summed E-state index contributed by atoms with van der Waals surface area (Å²) in [6.07, 6.45) is 4.26. The van der Waals surface area contributed by atoms with Crippen LogP contribution in [0.3, 0.4) is 0 Å². The summed E-state index contributed by atoms with van der Waals surface area (Å²) in [6.45, 7) is 0.566. The molecular formula is C39H45N3O8. The molecule has 1 aliphatic carbocycles. The molecule has 0 fully saturated rings. The minimum atomic E-state index is -0.973. The third kappa shape index (κ3) is 10.3. The van der Waals surface area contributed by atoms with Crippen LogP contribution < -0.4 is 16.0 Å². The van der Waals surface area contributed by atoms with Crippen molar-refractivity contribution in [1.82, 2.24) is 16.0 Å². The fourth-order valence-electron chi connectivity index (χ4n) is 6.33. The van der Waals surface area contributed by atoms with Crippen molar-refractivity contribution in [1.29, 1.82) is 0 Å². The van der Waals surface area contributed by atoms with Crippen molar-refractivity contribution in [2.45, 2.75) is 50.1 Å². The fraction of sp³-hybridized carbons (Fsp3) is 0.385. The number of allylic oxidation sites excluding steroid dienone is 2. The van der Waals surface area contributed by atoms with Gasteiger partial charge in [0.05, 0.1) is 31.8 Å². The van der Waals surface area contributed by atoms with Crippen LogP contribution in [0, 0.1) is 5.92 Å². The first kappa shape index (κ1) is 36.3. The highest BCUT2D eigenvalue weighted by Crippen LogP contribution is 2.44. The zero-order chi connectivity index (χ0) is 35.1. The number of rotatable bonds is 12. The lowest BCUT2D eigenvalue weighted by Crippen LogP contribution is -2.46. The van der Waals surface area contributed by atoms with Crippen LogP contribution in [0.25, 0.3) is 11.1 Å². The second-order valence-corrected chi connectivity index (χ2v) is 12.4. The average Bonchev–Trinajstić information content (AvgIpc) is 3.45. The quantitative estimate of drug-likeness (QED) is 0.127. The molecular weight excluding hydrogens is 638 g/mol. The summed E-state index contributed by atoms with van der Waals surface area (Å²) in [7, 11) is 0. The van der Waals surface area contributed by atoms with E-state index in [-0.39, 0.29) is 70.2 Å². The Bertz CT molecular complexity index is 1580. The van der Waals surface area contributed by atoms with E-state index in [4.69, 9.17) is 19.3 Å². The molecule has 3 amide bonds. The van der Waals surface area contributed by atoms with Crippen molar-refractivity contribution in [2.75, 3.05) is 39.6 Å². The lowest BCUT2D eigenvalue weighted by Gasteiger charge is -2.23. The highest BCUT2D eigenvalue weighted by atomic mass is 16.6. The first-order valence-corrected chi connectivity index (χ1v) is 17.2. The van der Waals surface area contributed by atoms with E-state index < -0.39 is 30.1 Å². The minimum Gasteiger partial charge on any atom is -0.462 e. The molecule has 11 heteroatoms. The van der Waals surface area contributed by atoms with Gasteiger partial charge in [-0.05, 0) is 53.5 Å². The molecule has 4 N–H and O–H groups in total. The Morgan fingerprint density at radius 1 is 0.900 bits per heavy atom. The predicted molar refractivity (Wildman–Crippen MR) is 187 cm³/mol. The van der Waals surface area contributed by atoms with Crippen molar-refractivity contribution in [3.05, 3.63) is 108 Å². The fourth-order valence-corrected chi connectivity index (χ4v) is 6.33. The summed E-state index contributed by atoms with van der Waals surface area (Å²) in [5.74, 6) is -2.04. The monoisotopic (exact) mass is 683 g/mol. The van der Waals surface area contributed by atoms with Gasteiger partial charge in [0.25, 0.3) is 0 Å². The molecule has 3 atom stereocenters. The van der Waals surface area contributed by atoms with E-state index in [1.807, 2.05) is 78.9 Å². The van der Waals surface area contributed by atoms with Gasteiger partial charge in [-0.2, -0.15) is 0 Å². The Labute approximate surface area is 292 Å². The molecule has 0 spiro atoms. The molecule has 5 rings (SSSR count). The number of nitrogens with one attached hydrogen (secondary N) is 3. The first-order valence-electron chi connectivity index (χ1n) is 17.2. The molecule has 0 saturated carbocycles. The van der Waals surface area contributed by atoms with Gasteiger partial charge < -0.3 is 35.3 Å². The van der Waals surface area contributed by atoms with E-state index in [0.717, 1.165) is 27.8 Å². The summed E-state index contributed by atoms with van der Waals surface area (Å²) in [5, 5.41) is 17.3. The van der Waals surface area contributed by atoms with Crippen LogP contribution in [0.2, 0.25) is 0 Å². The van der Waals surface area contributed by atoms with E-state index in [2.05, 4.69) is 28.1 Å². The third-order valence-electron chi connectivity index (χ3n) is 8.83. The van der Waals surface area contributed by atoms with Crippen LogP contribution in [-0.4, -0.2) is 80.6 Å². The van der Waals surface area contributed by atoms with Gasteiger partial charge in [0.2, 0.25) is 11.8 Å². The predicted octanol–water partition coefficient (Wildman–Crippen LogP) is 4.04. The van der Waals surface area contributed by atoms with Crippen LogP contribution >= 0.6 is 0 Å². The standard InChI is InChI=1S/C39H45N3O8/c43-20-22-48-21-19-40-36(44)24-28-13-5-2-6-18-35(38(46)49-25-29(41-37(28)45)23-27-11-3-1-4-12-27)42-39(47)50-26-34-32-16-9-7-14-30(32)31-15-8-10-17-33(31)34/h1-5,7-12,14-17,28-29,34-35,43H,6,13,18-26H2,(H,40,44)(H,41,45)(H,42,47)/t28-,29+,35+/m1/s1. The van der Waals surface area contributed by atoms with Crippen molar-refractivity contribution in [3.8, 4) is 11.1 Å². The Balaban J connectivity index is 1.23. The molecule has 11 nitrogen and oxygen atoms in total. The summed E-state index contributed by atoms with van der Waals surface area (Å²) in [4.78, 5) is 52.7. The molecule has 0 unspecified atom stereocenters. The summed E-state index contributed by atoms with van der Waals surface area (Å²) in [5.41, 5.74) is 5.34. The number of hydrogen-bond acceptors (Lipinski definition) is 8. The van der Waals surface area contributed by atoms with Crippen LogP contribution in [-0.2, 0) is 35.0 Å². The number of hydrogen-bond donors (Lipinski definition) is 4. The highest BCUT2D eigenvalue weighted by molar-refractivity contribution is 5.86. The van der Waals surface area contributed by atoms with Gasteiger partial charge in [0, 0.05) is 18.9 Å². The Hall–Kier alpha value is -5.00. The van der Waals surface area contributed by atoms with E-state index in [9.17, 15) is 19.2 Å². The number of benzene rings is 3. The second-order valence-electron chi connectivity index (χ2n) is 12.4. The molecule has 1 aliphatic heterocycles. The van der Waals surface area contributed by atoms with Gasteiger partial charge in [-0.15, -0.1) is 0 Å². The van der Waals surface area contributed by atoms with Gasteiger partial charge in [0.15, 0.2) is 0 Å². The van der Waals surface area contributed by atoms with Crippen molar-refractivity contribution < 1.29 is 38.5 Å². The molecule has 0 bridgehead atoms. The number of carbonyl (C=O) groups excluding carboxylic acids is 4. The topological polar surface area (TPSA) is 152 Å². The minimum absolute atomic E-state index is 0.0417. The smallest absolute Gasteiger partial charge is 0.407 e. The van der Waals surface area contributed by atoms with E-state index in [0.29, 0.717) is 19.3 Å². The number of alkyl carbamates (subject to hydrolysis) is 1. The molecule has 3 aromatic rings. The van der Waals surface area contributed by atoms with Crippen molar-refractivity contribution in [2.24, 2.45) is 5.92 Å². The lowest BCUT2D eigenvalue weighted by molar-refractivity contribution is -0.147. The maximum atomic E-state index is 13.5. The Kier molecular flexibility index (Phi) is 13.6. The number of aliphatic hydroxyl groups excluding tert-OH is 1. The molecule has 2 aliphatic rings. The third-order valence-corrected chi connectivity index (χ3v) is 8.83. The molecule has 264 valence electrons.